The van der Waals surface area contributed by atoms with Gasteiger partial charge in [-0.2, -0.15) is 5.26 Å². The van der Waals surface area contributed by atoms with E-state index in [0.717, 1.165) is 78.7 Å². The molecule has 36 heavy (non-hydrogen) atoms. The molecule has 5 rings (SSSR count). The monoisotopic (exact) mass is 477 g/mol. The summed E-state index contributed by atoms with van der Waals surface area (Å²) < 4.78 is 0. The van der Waals surface area contributed by atoms with Crippen LogP contribution in [0.4, 0.5) is 0 Å². The highest BCUT2D eigenvalue weighted by Crippen LogP contribution is 2.42. The van der Waals surface area contributed by atoms with Crippen LogP contribution in [0.1, 0.15) is 69.1 Å². The predicted molar refractivity (Wildman–Crippen MR) is 146 cm³/mol. The minimum absolute atomic E-state index is 0.466. The summed E-state index contributed by atoms with van der Waals surface area (Å²) in [4.78, 5) is 0. The summed E-state index contributed by atoms with van der Waals surface area (Å²) in [5.41, 5.74) is 9.64. The SMILES string of the molecule is C=C(N/C(C(=C)NC1(C#N)CC1)=C(/C)CC)C1=Cc2ccc(-c3ccc(C4(O)CCC4)cc3)cc2C1. The third-order valence-electron chi connectivity index (χ3n) is 8.07. The van der Waals surface area contributed by atoms with Crippen molar-refractivity contribution in [2.24, 2.45) is 0 Å². The fourth-order valence-corrected chi connectivity index (χ4v) is 5.08. The van der Waals surface area contributed by atoms with Gasteiger partial charge in [0, 0.05) is 12.1 Å². The maximum absolute atomic E-state index is 10.6. The van der Waals surface area contributed by atoms with Gasteiger partial charge < -0.3 is 15.7 Å². The molecule has 0 spiro atoms. The quantitative estimate of drug-likeness (QED) is 0.355. The molecule has 2 saturated carbocycles. The number of aliphatic hydroxyl groups is 1. The number of fused-ring (bicyclic) bond motifs is 1. The van der Waals surface area contributed by atoms with E-state index in [-0.39, 0.29) is 0 Å². The molecule has 0 aliphatic heterocycles. The van der Waals surface area contributed by atoms with Gasteiger partial charge in [-0.05, 0) is 90.5 Å². The van der Waals surface area contributed by atoms with Crippen molar-refractivity contribution in [2.75, 3.05) is 0 Å². The Hall–Kier alpha value is -3.55. The van der Waals surface area contributed by atoms with Crippen LogP contribution in [0.25, 0.3) is 17.2 Å². The summed E-state index contributed by atoms with van der Waals surface area (Å²) in [7, 11) is 0. The highest BCUT2D eigenvalue weighted by atomic mass is 16.3. The van der Waals surface area contributed by atoms with Gasteiger partial charge in [-0.15, -0.1) is 0 Å². The Kier molecular flexibility index (Phi) is 6.14. The molecule has 4 nitrogen and oxygen atoms in total. The molecule has 0 amide bonds. The summed E-state index contributed by atoms with van der Waals surface area (Å²) in [6.45, 7) is 12.8. The van der Waals surface area contributed by atoms with Crippen molar-refractivity contribution in [2.45, 2.75) is 69.9 Å². The standard InChI is InChI=1S/C32H35N3O/c1-5-21(2)30(23(4)35-31(20-33)15-16-31)34-22(3)27-17-26-8-7-25(18-28(26)19-27)24-9-11-29(12-10-24)32(36)13-6-14-32/h7-12,17-18,34-36H,3-6,13-16,19H2,1-2H3/b30-21-. The van der Waals surface area contributed by atoms with Gasteiger partial charge in [0.25, 0.3) is 0 Å². The zero-order valence-corrected chi connectivity index (χ0v) is 21.4. The second-order valence-corrected chi connectivity index (χ2v) is 10.6. The molecule has 3 aliphatic carbocycles. The van der Waals surface area contributed by atoms with Crippen molar-refractivity contribution in [3.63, 3.8) is 0 Å². The van der Waals surface area contributed by atoms with E-state index in [1.165, 1.54) is 22.3 Å². The second kappa shape index (κ2) is 9.15. The molecule has 0 heterocycles. The van der Waals surface area contributed by atoms with Crippen LogP contribution in [0.2, 0.25) is 0 Å². The molecule has 2 aromatic rings. The molecule has 184 valence electrons. The lowest BCUT2D eigenvalue weighted by molar-refractivity contribution is -0.0387. The normalized spacial score (nSPS) is 19.1. The smallest absolute Gasteiger partial charge is 0.125 e. The van der Waals surface area contributed by atoms with Crippen molar-refractivity contribution < 1.29 is 5.11 Å². The van der Waals surface area contributed by atoms with E-state index in [1.807, 2.05) is 0 Å². The Morgan fingerprint density at radius 1 is 1.06 bits per heavy atom. The fraction of sp³-hybridized carbons (Fsp3) is 0.344. The number of benzene rings is 2. The van der Waals surface area contributed by atoms with Crippen molar-refractivity contribution in [3.05, 3.63) is 101 Å². The zero-order valence-electron chi connectivity index (χ0n) is 21.4. The summed E-state index contributed by atoms with van der Waals surface area (Å²) in [5.74, 6) is 0. The molecular formula is C32H35N3O. The Balaban J connectivity index is 1.28. The number of allylic oxidation sites excluding steroid dienone is 2. The first-order chi connectivity index (χ1) is 17.3. The van der Waals surface area contributed by atoms with Crippen LogP contribution in [0.5, 0.6) is 0 Å². The second-order valence-electron chi connectivity index (χ2n) is 10.6. The van der Waals surface area contributed by atoms with E-state index in [2.05, 4.69) is 92.2 Å². The maximum atomic E-state index is 10.6. The van der Waals surface area contributed by atoms with Crippen LogP contribution < -0.4 is 10.6 Å². The van der Waals surface area contributed by atoms with Gasteiger partial charge in [0.2, 0.25) is 0 Å². The predicted octanol–water partition coefficient (Wildman–Crippen LogP) is 6.61. The average molecular weight is 478 g/mol. The van der Waals surface area contributed by atoms with E-state index in [4.69, 9.17) is 0 Å². The van der Waals surface area contributed by atoms with Crippen molar-refractivity contribution in [3.8, 4) is 17.2 Å². The van der Waals surface area contributed by atoms with E-state index >= 15 is 0 Å². The van der Waals surface area contributed by atoms with Crippen molar-refractivity contribution in [1.29, 1.82) is 5.26 Å². The van der Waals surface area contributed by atoms with E-state index in [0.29, 0.717) is 0 Å². The van der Waals surface area contributed by atoms with Gasteiger partial charge in [0.05, 0.1) is 23.1 Å². The van der Waals surface area contributed by atoms with Crippen LogP contribution in [0.15, 0.2) is 83.9 Å². The number of rotatable bonds is 9. The largest absolute Gasteiger partial charge is 0.385 e. The molecule has 0 saturated heterocycles. The van der Waals surface area contributed by atoms with Crippen LogP contribution in [0, 0.1) is 11.3 Å². The van der Waals surface area contributed by atoms with Crippen molar-refractivity contribution in [1.82, 2.24) is 10.6 Å². The lowest BCUT2D eigenvalue weighted by atomic mass is 9.75. The van der Waals surface area contributed by atoms with Crippen LogP contribution >= 0.6 is 0 Å². The minimum Gasteiger partial charge on any atom is -0.385 e. The van der Waals surface area contributed by atoms with Gasteiger partial charge in [-0.25, -0.2) is 0 Å². The third kappa shape index (κ3) is 4.52. The van der Waals surface area contributed by atoms with E-state index < -0.39 is 11.1 Å². The maximum Gasteiger partial charge on any atom is 0.125 e. The Bertz CT molecular complexity index is 1330. The first-order valence-electron chi connectivity index (χ1n) is 13.0. The van der Waals surface area contributed by atoms with Gasteiger partial charge in [0.15, 0.2) is 0 Å². The lowest BCUT2D eigenvalue weighted by Crippen LogP contribution is -2.33. The molecule has 3 N–H and O–H groups in total. The van der Waals surface area contributed by atoms with Crippen LogP contribution in [-0.2, 0) is 12.0 Å². The third-order valence-corrected chi connectivity index (χ3v) is 8.07. The average Bonchev–Trinajstić information content (AvgIpc) is 3.51. The van der Waals surface area contributed by atoms with Gasteiger partial charge in [-0.1, -0.05) is 62.5 Å². The van der Waals surface area contributed by atoms with Gasteiger partial charge in [0.1, 0.15) is 5.54 Å². The molecule has 0 radical (unpaired) electrons. The van der Waals surface area contributed by atoms with E-state index in [9.17, 15) is 10.4 Å². The zero-order chi connectivity index (χ0) is 25.5. The van der Waals surface area contributed by atoms with Crippen molar-refractivity contribution >= 4 is 6.08 Å². The summed E-state index contributed by atoms with van der Waals surface area (Å²) >= 11 is 0. The highest BCUT2D eigenvalue weighted by molar-refractivity contribution is 5.74. The summed E-state index contributed by atoms with van der Waals surface area (Å²) in [6.07, 6.45) is 8.42. The molecule has 0 unspecified atom stereocenters. The molecular weight excluding hydrogens is 442 g/mol. The number of nitrogens with zero attached hydrogens (tertiary/aromatic N) is 1. The van der Waals surface area contributed by atoms with Crippen LogP contribution in [0.3, 0.4) is 0 Å². The molecule has 0 bridgehead atoms. The number of hydrogen-bond acceptors (Lipinski definition) is 4. The number of nitriles is 1. The van der Waals surface area contributed by atoms with Crippen LogP contribution in [-0.4, -0.2) is 10.6 Å². The Morgan fingerprint density at radius 3 is 2.33 bits per heavy atom. The molecule has 2 fully saturated rings. The topological polar surface area (TPSA) is 68.1 Å². The first-order valence-corrected chi connectivity index (χ1v) is 13.0. The summed E-state index contributed by atoms with van der Waals surface area (Å²) in [6, 6.07) is 17.4. The number of hydrogen-bond donors (Lipinski definition) is 3. The Labute approximate surface area is 214 Å². The molecule has 2 aromatic carbocycles. The van der Waals surface area contributed by atoms with Gasteiger partial charge >= 0.3 is 0 Å². The molecule has 4 heteroatoms. The Morgan fingerprint density at radius 2 is 1.75 bits per heavy atom. The fourth-order valence-electron chi connectivity index (χ4n) is 5.08. The molecule has 3 aliphatic rings. The molecule has 0 aromatic heterocycles. The first kappa shape index (κ1) is 24.2. The number of nitrogens with one attached hydrogen (secondary N) is 2. The highest BCUT2D eigenvalue weighted by Gasteiger charge is 2.43. The summed E-state index contributed by atoms with van der Waals surface area (Å²) in [5, 5.41) is 27.0. The van der Waals surface area contributed by atoms with Gasteiger partial charge in [-0.3, -0.25) is 0 Å². The molecule has 0 atom stereocenters. The van der Waals surface area contributed by atoms with E-state index in [1.54, 1.807) is 0 Å². The minimum atomic E-state index is -0.624. The lowest BCUT2D eigenvalue weighted by Gasteiger charge is -2.37.